The van der Waals surface area contributed by atoms with Crippen LogP contribution in [0.2, 0.25) is 0 Å². The van der Waals surface area contributed by atoms with Crippen LogP contribution in [0, 0.1) is 12.8 Å². The van der Waals surface area contributed by atoms with Crippen LogP contribution in [0.15, 0.2) is 42.7 Å². The lowest BCUT2D eigenvalue weighted by atomic mass is 10.1. The predicted octanol–water partition coefficient (Wildman–Crippen LogP) is 3.91. The van der Waals surface area contributed by atoms with Crippen LogP contribution in [-0.2, 0) is 16.1 Å². The van der Waals surface area contributed by atoms with Crippen molar-refractivity contribution in [1.29, 1.82) is 0 Å². The van der Waals surface area contributed by atoms with E-state index in [2.05, 4.69) is 15.7 Å². The van der Waals surface area contributed by atoms with Crippen LogP contribution in [0.3, 0.4) is 0 Å². The summed E-state index contributed by atoms with van der Waals surface area (Å²) in [6, 6.07) is 4.17. The summed E-state index contributed by atoms with van der Waals surface area (Å²) in [6.45, 7) is 5.26. The lowest BCUT2D eigenvalue weighted by Crippen LogP contribution is -2.55. The van der Waals surface area contributed by atoms with Crippen LogP contribution in [0.4, 0.5) is 4.79 Å². The first-order chi connectivity index (χ1) is 21.2. The van der Waals surface area contributed by atoms with Crippen molar-refractivity contribution in [2.45, 2.75) is 64.1 Å². The molecule has 3 amide bonds. The van der Waals surface area contributed by atoms with E-state index < -0.39 is 29.5 Å². The quantitative estimate of drug-likeness (QED) is 0.328. The van der Waals surface area contributed by atoms with Crippen LogP contribution >= 0.6 is 0 Å². The molecule has 1 aromatic carbocycles. The number of pyridine rings is 1. The number of nitrogens with zero attached hydrogens (tertiary/aromatic N) is 4. The third kappa shape index (κ3) is 6.34. The number of rotatable bonds is 8. The number of allylic oxidation sites excluding steroid dienone is 1. The second kappa shape index (κ2) is 12.9. The highest BCUT2D eigenvalue weighted by atomic mass is 16.5. The Hall–Kier alpha value is -4.61. The number of benzene rings is 1. The molecule has 2 aromatic heterocycles. The monoisotopic (exact) mass is 604 g/mol. The number of ether oxygens (including phenoxy) is 2. The van der Waals surface area contributed by atoms with Gasteiger partial charge in [-0.1, -0.05) is 12.2 Å². The summed E-state index contributed by atoms with van der Waals surface area (Å²) in [4.78, 5) is 45.2. The van der Waals surface area contributed by atoms with Gasteiger partial charge >= 0.3 is 12.0 Å². The number of carbonyl (C=O) groups excluding carboxylic acids is 2. The molecule has 234 valence electrons. The first-order valence-electron chi connectivity index (χ1n) is 15.0. The molecule has 3 N–H and O–H groups in total. The largest absolute Gasteiger partial charge is 0.496 e. The molecule has 1 aliphatic carbocycles. The van der Waals surface area contributed by atoms with E-state index in [1.54, 1.807) is 25.3 Å². The maximum absolute atomic E-state index is 13.5. The molecule has 0 radical (unpaired) electrons. The van der Waals surface area contributed by atoms with Crippen molar-refractivity contribution < 1.29 is 29.0 Å². The number of fused-ring (bicyclic) bond motifs is 2. The Morgan fingerprint density at radius 1 is 1.23 bits per heavy atom. The smallest absolute Gasteiger partial charge is 0.330 e. The Balaban J connectivity index is 1.41. The number of aromatic nitrogens is 3. The molecule has 5 rings (SSSR count). The molecule has 3 unspecified atom stereocenters. The van der Waals surface area contributed by atoms with E-state index in [4.69, 9.17) is 14.5 Å². The highest BCUT2D eigenvalue weighted by Crippen LogP contribution is 2.45. The summed E-state index contributed by atoms with van der Waals surface area (Å²) < 4.78 is 13.6. The molecule has 0 spiro atoms. The van der Waals surface area contributed by atoms with E-state index in [-0.39, 0.29) is 18.9 Å². The number of amides is 3. The van der Waals surface area contributed by atoms with Crippen LogP contribution in [0.5, 0.6) is 11.5 Å². The van der Waals surface area contributed by atoms with Gasteiger partial charge in [-0.2, -0.15) is 5.10 Å². The van der Waals surface area contributed by atoms with Crippen molar-refractivity contribution in [3.8, 4) is 22.8 Å². The van der Waals surface area contributed by atoms with Crippen LogP contribution in [-0.4, -0.2) is 81.6 Å². The summed E-state index contributed by atoms with van der Waals surface area (Å²) in [5.74, 6) is -0.682. The fourth-order valence-electron chi connectivity index (χ4n) is 5.59. The fraction of sp³-hybridized carbons (Fsp3) is 0.469. The lowest BCUT2D eigenvalue weighted by Gasteiger charge is -2.25. The summed E-state index contributed by atoms with van der Waals surface area (Å²) in [5, 5.41) is 20.7. The number of nitrogens with one attached hydrogen (secondary N) is 2. The Morgan fingerprint density at radius 2 is 2.05 bits per heavy atom. The molecule has 3 heterocycles. The molecule has 12 heteroatoms. The van der Waals surface area contributed by atoms with Gasteiger partial charge in [0.15, 0.2) is 0 Å². The number of carboxylic acids is 1. The number of carbonyl (C=O) groups is 3. The molecule has 3 aromatic rings. The second-order valence-corrected chi connectivity index (χ2v) is 11.4. The highest BCUT2D eigenvalue weighted by molar-refractivity contribution is 5.94. The molecule has 0 bridgehead atoms. The Morgan fingerprint density at radius 3 is 2.77 bits per heavy atom. The van der Waals surface area contributed by atoms with Crippen LogP contribution in [0.1, 0.15) is 44.6 Å². The standard InChI is InChI=1S/C32H40N6O6/c1-5-38-19-21(18-33-38)25-16-27(23-11-12-26(43-4)20(2)28(23)34-25)44-15-13-24-29(39)36-32(30(40)41)17-22(32)10-8-6-7-9-14-37(3)31(42)35-24/h8,10-12,16,18-19,22,24H,5-7,9,13-15,17H2,1-4H3,(H,35,42)(H,36,39)(H,40,41)/b10-8-. The van der Waals surface area contributed by atoms with Gasteiger partial charge in [0.05, 0.1) is 31.1 Å². The van der Waals surface area contributed by atoms with Gasteiger partial charge in [0.2, 0.25) is 5.91 Å². The number of aryl methyl sites for hydroxylation is 2. The molecule has 1 aliphatic heterocycles. The minimum atomic E-state index is -1.37. The third-order valence-corrected chi connectivity index (χ3v) is 8.47. The van der Waals surface area contributed by atoms with Gasteiger partial charge in [-0.25, -0.2) is 14.6 Å². The predicted molar refractivity (Wildman–Crippen MR) is 165 cm³/mol. The Kier molecular flexibility index (Phi) is 9.07. The van der Waals surface area contributed by atoms with Crippen molar-refractivity contribution in [2.24, 2.45) is 5.92 Å². The first kappa shape index (κ1) is 30.8. The van der Waals surface area contributed by atoms with E-state index in [1.807, 2.05) is 55.1 Å². The van der Waals surface area contributed by atoms with Gasteiger partial charge in [0.1, 0.15) is 23.1 Å². The zero-order valence-corrected chi connectivity index (χ0v) is 25.6. The number of hydrogen-bond acceptors (Lipinski definition) is 7. The van der Waals surface area contributed by atoms with Crippen molar-refractivity contribution in [3.63, 3.8) is 0 Å². The number of hydrogen-bond donors (Lipinski definition) is 3. The molecule has 2 aliphatic rings. The Labute approximate surface area is 256 Å². The number of carboxylic acid groups (broad SMARTS) is 1. The molecule has 12 nitrogen and oxygen atoms in total. The average Bonchev–Trinajstić information content (AvgIpc) is 3.49. The van der Waals surface area contributed by atoms with Crippen molar-refractivity contribution in [1.82, 2.24) is 30.3 Å². The van der Waals surface area contributed by atoms with Gasteiger partial charge < -0.3 is 30.1 Å². The van der Waals surface area contributed by atoms with Gasteiger partial charge in [-0.3, -0.25) is 9.48 Å². The second-order valence-electron chi connectivity index (χ2n) is 11.4. The van der Waals surface area contributed by atoms with Gasteiger partial charge in [-0.15, -0.1) is 0 Å². The van der Waals surface area contributed by atoms with E-state index in [1.165, 1.54) is 0 Å². The highest BCUT2D eigenvalue weighted by Gasteiger charge is 2.60. The Bertz CT molecular complexity index is 1580. The molecule has 44 heavy (non-hydrogen) atoms. The molecule has 1 saturated carbocycles. The molecular formula is C32H40N6O6. The zero-order chi connectivity index (χ0) is 31.4. The maximum atomic E-state index is 13.5. The molecule has 1 fully saturated rings. The summed E-state index contributed by atoms with van der Waals surface area (Å²) >= 11 is 0. The molecule has 3 atom stereocenters. The zero-order valence-electron chi connectivity index (χ0n) is 25.6. The molecule has 0 saturated heterocycles. The van der Waals surface area contributed by atoms with E-state index in [0.29, 0.717) is 42.2 Å². The summed E-state index contributed by atoms with van der Waals surface area (Å²) in [5.41, 5.74) is 1.69. The maximum Gasteiger partial charge on any atom is 0.330 e. The first-order valence-corrected chi connectivity index (χ1v) is 15.0. The number of aliphatic carboxylic acids is 1. The number of methoxy groups -OCH3 is 1. The van der Waals surface area contributed by atoms with Gasteiger partial charge in [0, 0.05) is 61.3 Å². The van der Waals surface area contributed by atoms with Crippen molar-refractivity contribution >= 4 is 28.8 Å². The minimum absolute atomic E-state index is 0.0728. The fourth-order valence-corrected chi connectivity index (χ4v) is 5.59. The lowest BCUT2D eigenvalue weighted by molar-refractivity contribution is -0.143. The summed E-state index contributed by atoms with van der Waals surface area (Å²) in [7, 11) is 3.29. The van der Waals surface area contributed by atoms with Gasteiger partial charge in [0.25, 0.3) is 0 Å². The van der Waals surface area contributed by atoms with E-state index in [9.17, 15) is 19.5 Å². The number of urea groups is 1. The van der Waals surface area contributed by atoms with E-state index >= 15 is 0 Å². The van der Waals surface area contributed by atoms with Crippen molar-refractivity contribution in [3.05, 3.63) is 48.3 Å². The van der Waals surface area contributed by atoms with Crippen molar-refractivity contribution in [2.75, 3.05) is 27.3 Å². The SMILES string of the molecule is CCn1cc(-c2cc(OCCC3NC(=O)N(C)CCCC/C=C\C4CC4(C(=O)O)NC3=O)c3ccc(OC)c(C)c3n2)cn1. The molecular weight excluding hydrogens is 564 g/mol. The van der Waals surface area contributed by atoms with Crippen LogP contribution < -0.4 is 20.1 Å². The average molecular weight is 605 g/mol. The van der Waals surface area contributed by atoms with E-state index in [0.717, 1.165) is 35.8 Å². The van der Waals surface area contributed by atoms with Gasteiger partial charge in [-0.05, 0) is 51.7 Å². The minimum Gasteiger partial charge on any atom is -0.496 e. The topological polar surface area (TPSA) is 148 Å². The normalized spacial score (nSPS) is 23.2. The third-order valence-electron chi connectivity index (χ3n) is 8.47. The summed E-state index contributed by atoms with van der Waals surface area (Å²) in [6.07, 6.45) is 10.4. The van der Waals surface area contributed by atoms with Crippen LogP contribution in [0.25, 0.3) is 22.2 Å².